The van der Waals surface area contributed by atoms with Crippen LogP contribution in [-0.2, 0) is 0 Å². The molecule has 0 radical (unpaired) electrons. The van der Waals surface area contributed by atoms with Crippen LogP contribution in [0, 0.1) is 29.1 Å². The molecule has 4 saturated carbocycles. The summed E-state index contributed by atoms with van der Waals surface area (Å²) in [5, 5.41) is 30.4. The van der Waals surface area contributed by atoms with Gasteiger partial charge in [-0.15, -0.1) is 0 Å². The molecule has 3 nitrogen and oxygen atoms in total. The van der Waals surface area contributed by atoms with Crippen LogP contribution < -0.4 is 0 Å². The number of aliphatic hydroxyl groups excluding tert-OH is 3. The molecule has 0 spiro atoms. The monoisotopic (exact) mass is 412 g/mol. The van der Waals surface area contributed by atoms with E-state index >= 15 is 0 Å². The Bertz CT molecular complexity index is 743. The van der Waals surface area contributed by atoms with E-state index in [0.29, 0.717) is 41.9 Å². The maximum absolute atomic E-state index is 10.2. The molecule has 0 aromatic heterocycles. The minimum Gasteiger partial charge on any atom is -0.393 e. The Balaban J connectivity index is 1.48. The van der Waals surface area contributed by atoms with Gasteiger partial charge in [-0.3, -0.25) is 0 Å². The first-order chi connectivity index (χ1) is 14.3. The Labute approximate surface area is 182 Å². The third-order valence-electron chi connectivity index (χ3n) is 8.65. The molecule has 4 aliphatic carbocycles. The molecular formula is C27H40O3. The molecule has 4 aliphatic rings. The standard InChI is InChI=1S/C27H40O3/c1-17(6-13-25(29)20-8-9-20)23-11-12-24-19(5-4-14-27(23,24)3)7-10-21-15-22(28)16-26(30)18(21)2/h6-7,10,13,17,20,22-26,28-30H,2,4-5,8-9,11-12,14-16H2,1,3H3/b13-6+,19-7+,21-10+/t17-,22-,23-,24+,25+,26+,27-/m1/s1. The van der Waals surface area contributed by atoms with Crippen LogP contribution in [0.2, 0.25) is 0 Å². The van der Waals surface area contributed by atoms with Gasteiger partial charge in [-0.25, -0.2) is 0 Å². The minimum atomic E-state index is -0.621. The van der Waals surface area contributed by atoms with E-state index in [1.54, 1.807) is 0 Å². The summed E-state index contributed by atoms with van der Waals surface area (Å²) in [6, 6.07) is 0. The number of allylic oxidation sites excluding steroid dienone is 4. The van der Waals surface area contributed by atoms with Crippen LogP contribution in [-0.4, -0.2) is 33.6 Å². The molecule has 0 aromatic rings. The SMILES string of the molecule is C=C1/C(=C/C=C2\CCC[C@]3(C)[C@@H]([C@H](C)/C=C/[C@H](O)C4CC4)CC[C@@H]23)C[C@@H](O)C[C@@H]1O. The van der Waals surface area contributed by atoms with Gasteiger partial charge in [-0.05, 0) is 91.6 Å². The van der Waals surface area contributed by atoms with E-state index in [0.717, 1.165) is 17.6 Å². The second-order valence-electron chi connectivity index (χ2n) is 10.7. The maximum atomic E-state index is 10.2. The Morgan fingerprint density at radius 3 is 2.60 bits per heavy atom. The summed E-state index contributed by atoms with van der Waals surface area (Å²) in [6.07, 6.45) is 16.9. The Hall–Kier alpha value is -1.16. The van der Waals surface area contributed by atoms with Gasteiger partial charge in [0.1, 0.15) is 0 Å². The molecule has 0 saturated heterocycles. The second-order valence-corrected chi connectivity index (χ2v) is 10.7. The first-order valence-electron chi connectivity index (χ1n) is 12.1. The van der Waals surface area contributed by atoms with Crippen LogP contribution >= 0.6 is 0 Å². The third-order valence-corrected chi connectivity index (χ3v) is 8.65. The molecule has 30 heavy (non-hydrogen) atoms. The fourth-order valence-electron chi connectivity index (χ4n) is 6.63. The summed E-state index contributed by atoms with van der Waals surface area (Å²) < 4.78 is 0. The first kappa shape index (κ1) is 22.0. The van der Waals surface area contributed by atoms with Crippen LogP contribution in [0.3, 0.4) is 0 Å². The molecule has 3 N–H and O–H groups in total. The number of aliphatic hydroxyl groups is 3. The summed E-state index contributed by atoms with van der Waals surface area (Å²) in [6.45, 7) is 8.88. The van der Waals surface area contributed by atoms with Crippen molar-refractivity contribution in [2.45, 2.75) is 89.9 Å². The smallest absolute Gasteiger partial charge is 0.0811 e. The van der Waals surface area contributed by atoms with E-state index in [4.69, 9.17) is 0 Å². The van der Waals surface area contributed by atoms with Gasteiger partial charge in [0.15, 0.2) is 0 Å². The molecule has 0 amide bonds. The maximum Gasteiger partial charge on any atom is 0.0811 e. The fourth-order valence-corrected chi connectivity index (χ4v) is 6.63. The fraction of sp³-hybridized carbons (Fsp3) is 0.704. The number of hydrogen-bond donors (Lipinski definition) is 3. The zero-order chi connectivity index (χ0) is 21.5. The number of hydrogen-bond acceptors (Lipinski definition) is 3. The predicted octanol–water partition coefficient (Wildman–Crippen LogP) is 5.09. The third kappa shape index (κ3) is 4.40. The zero-order valence-corrected chi connectivity index (χ0v) is 18.8. The average molecular weight is 413 g/mol. The topological polar surface area (TPSA) is 60.7 Å². The molecular weight excluding hydrogens is 372 g/mol. The van der Waals surface area contributed by atoms with Crippen molar-refractivity contribution in [1.82, 2.24) is 0 Å². The Kier molecular flexibility index (Phi) is 6.44. The van der Waals surface area contributed by atoms with E-state index in [1.165, 1.54) is 44.1 Å². The summed E-state index contributed by atoms with van der Waals surface area (Å²) in [5.41, 5.74) is 3.63. The lowest BCUT2D eigenvalue weighted by atomic mass is 9.61. The van der Waals surface area contributed by atoms with E-state index in [9.17, 15) is 15.3 Å². The molecule has 0 bridgehead atoms. The summed E-state index contributed by atoms with van der Waals surface area (Å²) >= 11 is 0. The number of rotatable bonds is 5. The van der Waals surface area contributed by atoms with Crippen molar-refractivity contribution in [2.24, 2.45) is 29.1 Å². The van der Waals surface area contributed by atoms with Crippen molar-refractivity contribution in [2.75, 3.05) is 0 Å². The molecule has 3 heteroatoms. The van der Waals surface area contributed by atoms with Crippen molar-refractivity contribution in [1.29, 1.82) is 0 Å². The lowest BCUT2D eigenvalue weighted by Gasteiger charge is -2.44. The van der Waals surface area contributed by atoms with Crippen molar-refractivity contribution in [3.8, 4) is 0 Å². The normalized spacial score (nSPS) is 42.1. The van der Waals surface area contributed by atoms with Crippen LogP contribution in [0.15, 0.2) is 47.6 Å². The quantitative estimate of drug-likeness (QED) is 0.551. The van der Waals surface area contributed by atoms with Crippen molar-refractivity contribution in [3.05, 3.63) is 47.6 Å². The van der Waals surface area contributed by atoms with Gasteiger partial charge in [0.05, 0.1) is 18.3 Å². The largest absolute Gasteiger partial charge is 0.393 e. The minimum absolute atomic E-state index is 0.250. The van der Waals surface area contributed by atoms with Gasteiger partial charge in [-0.2, -0.15) is 0 Å². The highest BCUT2D eigenvalue weighted by Crippen LogP contribution is 2.59. The van der Waals surface area contributed by atoms with Gasteiger partial charge in [0.25, 0.3) is 0 Å². The van der Waals surface area contributed by atoms with E-state index in [2.05, 4.69) is 44.7 Å². The highest BCUT2D eigenvalue weighted by atomic mass is 16.3. The van der Waals surface area contributed by atoms with E-state index < -0.39 is 12.2 Å². The van der Waals surface area contributed by atoms with Crippen LogP contribution in [0.25, 0.3) is 0 Å². The van der Waals surface area contributed by atoms with Crippen LogP contribution in [0.1, 0.15) is 71.6 Å². The lowest BCUT2D eigenvalue weighted by molar-refractivity contribution is 0.0862. The zero-order valence-electron chi connectivity index (χ0n) is 18.8. The average Bonchev–Trinajstić information content (AvgIpc) is 3.49. The van der Waals surface area contributed by atoms with Gasteiger partial charge in [0.2, 0.25) is 0 Å². The molecule has 0 aliphatic heterocycles. The summed E-state index contributed by atoms with van der Waals surface area (Å²) in [5.74, 6) is 2.28. The molecule has 0 heterocycles. The highest BCUT2D eigenvalue weighted by molar-refractivity contribution is 5.38. The molecule has 4 rings (SSSR count). The predicted molar refractivity (Wildman–Crippen MR) is 122 cm³/mol. The molecule has 4 fully saturated rings. The van der Waals surface area contributed by atoms with E-state index in [1.807, 2.05) is 0 Å². The van der Waals surface area contributed by atoms with Gasteiger partial charge < -0.3 is 15.3 Å². The lowest BCUT2D eigenvalue weighted by Crippen LogP contribution is -2.35. The van der Waals surface area contributed by atoms with Crippen LogP contribution in [0.5, 0.6) is 0 Å². The number of fused-ring (bicyclic) bond motifs is 1. The molecule has 166 valence electrons. The molecule has 0 aromatic carbocycles. The summed E-state index contributed by atoms with van der Waals surface area (Å²) in [4.78, 5) is 0. The van der Waals surface area contributed by atoms with Gasteiger partial charge in [-0.1, -0.05) is 50.3 Å². The highest BCUT2D eigenvalue weighted by Gasteiger charge is 2.50. The summed E-state index contributed by atoms with van der Waals surface area (Å²) in [7, 11) is 0. The first-order valence-corrected chi connectivity index (χ1v) is 12.1. The Morgan fingerprint density at radius 2 is 1.87 bits per heavy atom. The van der Waals surface area contributed by atoms with Crippen LogP contribution in [0.4, 0.5) is 0 Å². The van der Waals surface area contributed by atoms with Gasteiger partial charge >= 0.3 is 0 Å². The second kappa shape index (κ2) is 8.76. The Morgan fingerprint density at radius 1 is 1.10 bits per heavy atom. The van der Waals surface area contributed by atoms with Gasteiger partial charge in [0, 0.05) is 6.42 Å². The van der Waals surface area contributed by atoms with E-state index in [-0.39, 0.29) is 6.10 Å². The van der Waals surface area contributed by atoms with Crippen molar-refractivity contribution in [3.63, 3.8) is 0 Å². The van der Waals surface area contributed by atoms with Crippen molar-refractivity contribution < 1.29 is 15.3 Å². The van der Waals surface area contributed by atoms with Crippen molar-refractivity contribution >= 4 is 0 Å². The molecule has 7 atom stereocenters. The molecule has 0 unspecified atom stereocenters.